The number of carbonyl (C=O) groups is 1. The van der Waals surface area contributed by atoms with Crippen LogP contribution in [0, 0.1) is 10.5 Å². The number of rotatable bonds is 2. The van der Waals surface area contributed by atoms with E-state index in [1.54, 1.807) is 6.07 Å². The van der Waals surface area contributed by atoms with Gasteiger partial charge in [0.15, 0.2) is 0 Å². The van der Waals surface area contributed by atoms with Gasteiger partial charge in [-0.2, -0.15) is 0 Å². The van der Waals surface area contributed by atoms with Crippen LogP contribution in [0.1, 0.15) is 17.2 Å². The van der Waals surface area contributed by atoms with Gasteiger partial charge in [0.2, 0.25) is 0 Å². The Morgan fingerprint density at radius 1 is 1.62 bits per heavy atom. The molecule has 1 atom stereocenters. The molecule has 3 nitrogen and oxygen atoms in total. The molecule has 3 N–H and O–H groups in total. The molecule has 0 unspecified atom stereocenters. The molecule has 0 radical (unpaired) electrons. The lowest BCUT2D eigenvalue weighted by Gasteiger charge is -2.10. The van der Waals surface area contributed by atoms with Crippen molar-refractivity contribution in [3.05, 3.63) is 32.9 Å². The second-order valence-electron chi connectivity index (χ2n) is 2.82. The van der Waals surface area contributed by atoms with E-state index in [1.165, 1.54) is 0 Å². The van der Waals surface area contributed by atoms with Crippen molar-refractivity contribution in [2.75, 3.05) is 0 Å². The molecule has 0 heterocycles. The molecule has 0 saturated heterocycles. The molecule has 0 spiro atoms. The van der Waals surface area contributed by atoms with Gasteiger partial charge in [0.25, 0.3) is 0 Å². The maximum Gasteiger partial charge on any atom is 0.325 e. The van der Waals surface area contributed by atoms with Gasteiger partial charge in [-0.1, -0.05) is 6.07 Å². The standard InChI is InChI=1S/C9H10INO2/c1-5-4-6(10)2-3-7(5)8(11)9(12)13/h2-4,8H,11H2,1H3,(H,12,13)/t8-/m0/s1. The highest BCUT2D eigenvalue weighted by Crippen LogP contribution is 2.18. The zero-order valence-electron chi connectivity index (χ0n) is 7.12. The van der Waals surface area contributed by atoms with E-state index in [1.807, 2.05) is 19.1 Å². The first-order chi connectivity index (χ1) is 6.02. The summed E-state index contributed by atoms with van der Waals surface area (Å²) < 4.78 is 1.08. The Kier molecular flexibility index (Phi) is 3.27. The first-order valence-corrected chi connectivity index (χ1v) is 4.84. The van der Waals surface area contributed by atoms with Crippen molar-refractivity contribution in [3.8, 4) is 0 Å². The Labute approximate surface area is 90.1 Å². The molecule has 0 aliphatic carbocycles. The van der Waals surface area contributed by atoms with Gasteiger partial charge in [-0.3, -0.25) is 4.79 Å². The molecule has 1 rings (SSSR count). The van der Waals surface area contributed by atoms with Gasteiger partial charge in [0, 0.05) is 3.57 Å². The topological polar surface area (TPSA) is 63.3 Å². The first kappa shape index (κ1) is 10.5. The molecule has 0 fully saturated rings. The predicted octanol–water partition coefficient (Wildman–Crippen LogP) is 1.68. The summed E-state index contributed by atoms with van der Waals surface area (Å²) in [6.07, 6.45) is 0. The van der Waals surface area contributed by atoms with Crippen molar-refractivity contribution in [1.29, 1.82) is 0 Å². The van der Waals surface area contributed by atoms with Gasteiger partial charge in [0.1, 0.15) is 6.04 Å². The third-order valence-corrected chi connectivity index (χ3v) is 2.50. The number of carboxylic acids is 1. The minimum absolute atomic E-state index is 0.674. The van der Waals surface area contributed by atoms with E-state index < -0.39 is 12.0 Å². The summed E-state index contributed by atoms with van der Waals surface area (Å²) in [7, 11) is 0. The lowest BCUT2D eigenvalue weighted by molar-refractivity contribution is -0.138. The number of aliphatic carboxylic acids is 1. The fourth-order valence-corrected chi connectivity index (χ4v) is 1.77. The van der Waals surface area contributed by atoms with Gasteiger partial charge in [-0.25, -0.2) is 0 Å². The van der Waals surface area contributed by atoms with E-state index in [9.17, 15) is 4.79 Å². The second-order valence-corrected chi connectivity index (χ2v) is 4.06. The van der Waals surface area contributed by atoms with E-state index in [-0.39, 0.29) is 0 Å². The van der Waals surface area contributed by atoms with Crippen molar-refractivity contribution in [1.82, 2.24) is 0 Å². The van der Waals surface area contributed by atoms with Crippen LogP contribution in [0.5, 0.6) is 0 Å². The largest absolute Gasteiger partial charge is 0.480 e. The van der Waals surface area contributed by atoms with E-state index >= 15 is 0 Å². The van der Waals surface area contributed by atoms with Gasteiger partial charge in [0.05, 0.1) is 0 Å². The van der Waals surface area contributed by atoms with Crippen LogP contribution in [0.2, 0.25) is 0 Å². The van der Waals surface area contributed by atoms with E-state index in [0.29, 0.717) is 5.56 Å². The SMILES string of the molecule is Cc1cc(I)ccc1[C@H](N)C(=O)O. The van der Waals surface area contributed by atoms with E-state index in [2.05, 4.69) is 22.6 Å². The summed E-state index contributed by atoms with van der Waals surface area (Å²) in [6.45, 7) is 1.86. The number of benzene rings is 1. The lowest BCUT2D eigenvalue weighted by Crippen LogP contribution is -2.21. The molecule has 0 aliphatic rings. The van der Waals surface area contributed by atoms with E-state index in [4.69, 9.17) is 10.8 Å². The Morgan fingerprint density at radius 2 is 2.23 bits per heavy atom. The number of carboxylic acid groups (broad SMARTS) is 1. The fraction of sp³-hybridized carbons (Fsp3) is 0.222. The average Bonchev–Trinajstić information content (AvgIpc) is 2.03. The fourth-order valence-electron chi connectivity index (χ4n) is 1.12. The minimum atomic E-state index is -0.996. The van der Waals surface area contributed by atoms with Crippen molar-refractivity contribution in [2.24, 2.45) is 5.73 Å². The smallest absolute Gasteiger partial charge is 0.325 e. The van der Waals surface area contributed by atoms with Crippen LogP contribution in [0.4, 0.5) is 0 Å². The summed E-state index contributed by atoms with van der Waals surface area (Å²) in [5.74, 6) is -0.996. The summed E-state index contributed by atoms with van der Waals surface area (Å²) in [6, 6.07) is 4.61. The normalized spacial score (nSPS) is 12.5. The molecule has 0 saturated carbocycles. The highest BCUT2D eigenvalue weighted by atomic mass is 127. The van der Waals surface area contributed by atoms with Gasteiger partial charge >= 0.3 is 5.97 Å². The molecular formula is C9H10INO2. The summed E-state index contributed by atoms with van der Waals surface area (Å²) in [5.41, 5.74) is 7.08. The molecule has 1 aromatic rings. The summed E-state index contributed by atoms with van der Waals surface area (Å²) in [4.78, 5) is 10.6. The highest BCUT2D eigenvalue weighted by Gasteiger charge is 2.15. The third-order valence-electron chi connectivity index (χ3n) is 1.83. The van der Waals surface area contributed by atoms with Crippen molar-refractivity contribution < 1.29 is 9.90 Å². The zero-order valence-corrected chi connectivity index (χ0v) is 9.28. The Balaban J connectivity index is 3.08. The predicted molar refractivity (Wildman–Crippen MR) is 58.5 cm³/mol. The molecule has 70 valence electrons. The molecule has 0 bridgehead atoms. The molecule has 0 aromatic heterocycles. The third kappa shape index (κ3) is 2.41. The number of hydrogen-bond acceptors (Lipinski definition) is 2. The second kappa shape index (κ2) is 4.06. The van der Waals surface area contributed by atoms with Crippen LogP contribution in [0.15, 0.2) is 18.2 Å². The molecule has 0 amide bonds. The number of nitrogens with two attached hydrogens (primary N) is 1. The number of hydrogen-bond donors (Lipinski definition) is 2. The summed E-state index contributed by atoms with van der Waals surface area (Å²) >= 11 is 2.17. The van der Waals surface area contributed by atoms with Crippen molar-refractivity contribution in [3.63, 3.8) is 0 Å². The molecular weight excluding hydrogens is 281 g/mol. The number of halogens is 1. The zero-order chi connectivity index (χ0) is 10.0. The van der Waals surface area contributed by atoms with E-state index in [0.717, 1.165) is 9.13 Å². The summed E-state index contributed by atoms with van der Waals surface area (Å²) in [5, 5.41) is 8.70. The van der Waals surface area contributed by atoms with Gasteiger partial charge < -0.3 is 10.8 Å². The monoisotopic (exact) mass is 291 g/mol. The number of aryl methyl sites for hydroxylation is 1. The lowest BCUT2D eigenvalue weighted by atomic mass is 10.0. The maximum absolute atomic E-state index is 10.6. The first-order valence-electron chi connectivity index (χ1n) is 3.77. The van der Waals surface area contributed by atoms with Crippen LogP contribution >= 0.6 is 22.6 Å². The maximum atomic E-state index is 10.6. The van der Waals surface area contributed by atoms with Crippen molar-refractivity contribution >= 4 is 28.6 Å². The molecule has 13 heavy (non-hydrogen) atoms. The molecule has 4 heteroatoms. The average molecular weight is 291 g/mol. The van der Waals surface area contributed by atoms with Gasteiger partial charge in [-0.05, 0) is 52.8 Å². The van der Waals surface area contributed by atoms with Crippen LogP contribution < -0.4 is 5.73 Å². The van der Waals surface area contributed by atoms with Crippen LogP contribution in [-0.2, 0) is 4.79 Å². The minimum Gasteiger partial charge on any atom is -0.480 e. The Morgan fingerprint density at radius 3 is 2.69 bits per heavy atom. The van der Waals surface area contributed by atoms with Crippen molar-refractivity contribution in [2.45, 2.75) is 13.0 Å². The Bertz CT molecular complexity index is 338. The Hall–Kier alpha value is -0.620. The molecule has 0 aliphatic heterocycles. The van der Waals surface area contributed by atoms with Crippen LogP contribution in [-0.4, -0.2) is 11.1 Å². The van der Waals surface area contributed by atoms with Gasteiger partial charge in [-0.15, -0.1) is 0 Å². The quantitative estimate of drug-likeness (QED) is 0.815. The van der Waals surface area contributed by atoms with Crippen LogP contribution in [0.25, 0.3) is 0 Å². The van der Waals surface area contributed by atoms with Crippen LogP contribution in [0.3, 0.4) is 0 Å². The highest BCUT2D eigenvalue weighted by molar-refractivity contribution is 14.1. The molecule has 1 aromatic carbocycles.